The van der Waals surface area contributed by atoms with E-state index in [2.05, 4.69) is 37.2 Å². The molecule has 0 atom stereocenters. The van der Waals surface area contributed by atoms with Crippen LogP contribution < -0.4 is 14.8 Å². The van der Waals surface area contributed by atoms with Gasteiger partial charge in [-0.3, -0.25) is 4.79 Å². The fourth-order valence-electron chi connectivity index (χ4n) is 1.98. The van der Waals surface area contributed by atoms with E-state index in [1.165, 1.54) is 38.5 Å². The molecule has 0 fully saturated rings. The van der Waals surface area contributed by atoms with Gasteiger partial charge in [-0.2, -0.15) is 0 Å². The van der Waals surface area contributed by atoms with Crippen molar-refractivity contribution in [2.45, 2.75) is 0 Å². The predicted molar refractivity (Wildman–Crippen MR) is 100 cm³/mol. The van der Waals surface area contributed by atoms with Gasteiger partial charge in [-0.15, -0.1) is 0 Å². The van der Waals surface area contributed by atoms with Gasteiger partial charge in [0.1, 0.15) is 21.8 Å². The Bertz CT molecular complexity index is 819. The van der Waals surface area contributed by atoms with Crippen LogP contribution in [0.2, 0.25) is 0 Å². The summed E-state index contributed by atoms with van der Waals surface area (Å²) in [7, 11) is 2.88. The van der Waals surface area contributed by atoms with E-state index in [0.717, 1.165) is 0 Å². The molecule has 0 heterocycles. The first-order chi connectivity index (χ1) is 12.3. The summed E-state index contributed by atoms with van der Waals surface area (Å²) in [6, 6.07) is 7.07. The van der Waals surface area contributed by atoms with Crippen LogP contribution in [0.25, 0.3) is 0 Å². The number of hydrogen-bond donors (Lipinski definition) is 1. The molecule has 2 rings (SSSR count). The molecule has 0 saturated heterocycles. The van der Waals surface area contributed by atoms with Gasteiger partial charge in [0.05, 0.1) is 25.5 Å². The van der Waals surface area contributed by atoms with Crippen LogP contribution in [-0.4, -0.2) is 32.7 Å². The van der Waals surface area contributed by atoms with Crippen LogP contribution in [0.3, 0.4) is 0 Å². The first kappa shape index (κ1) is 20.2. The summed E-state index contributed by atoms with van der Waals surface area (Å²) in [5, 5.41) is 2.33. The normalized spacial score (nSPS) is 10.2. The second-order valence-electron chi connectivity index (χ2n) is 4.94. The maximum Gasteiger partial charge on any atom is 0.338 e. The molecular formula is C17H14Br2FNO5. The number of halogens is 3. The summed E-state index contributed by atoms with van der Waals surface area (Å²) in [5.74, 6) is -1.28. The molecule has 2 aromatic carbocycles. The zero-order chi connectivity index (χ0) is 19.3. The quantitative estimate of drug-likeness (QED) is 0.615. The molecule has 0 bridgehead atoms. The number of anilines is 1. The Morgan fingerprint density at radius 3 is 2.23 bits per heavy atom. The highest BCUT2D eigenvalue weighted by atomic mass is 79.9. The van der Waals surface area contributed by atoms with Crippen molar-refractivity contribution in [1.82, 2.24) is 0 Å². The average Bonchev–Trinajstić information content (AvgIpc) is 2.62. The smallest absolute Gasteiger partial charge is 0.338 e. The monoisotopic (exact) mass is 489 g/mol. The summed E-state index contributed by atoms with van der Waals surface area (Å²) in [5.41, 5.74) is 0.130. The van der Waals surface area contributed by atoms with E-state index in [9.17, 15) is 14.0 Å². The molecule has 1 N–H and O–H groups in total. The summed E-state index contributed by atoms with van der Waals surface area (Å²) in [6.07, 6.45) is 0. The molecule has 0 aliphatic heterocycles. The summed E-state index contributed by atoms with van der Waals surface area (Å²) < 4.78 is 30.0. The van der Waals surface area contributed by atoms with E-state index in [-0.39, 0.29) is 11.3 Å². The summed E-state index contributed by atoms with van der Waals surface area (Å²) in [4.78, 5) is 24.0. The molecule has 0 radical (unpaired) electrons. The number of benzene rings is 2. The maximum absolute atomic E-state index is 13.7. The van der Waals surface area contributed by atoms with Crippen LogP contribution >= 0.6 is 31.9 Å². The minimum absolute atomic E-state index is 0.0128. The highest BCUT2D eigenvalue weighted by Gasteiger charge is 2.17. The highest BCUT2D eigenvalue weighted by molar-refractivity contribution is 9.11. The number of carbonyl (C=O) groups excluding carboxylic acids is 2. The molecule has 138 valence electrons. The maximum atomic E-state index is 13.7. The highest BCUT2D eigenvalue weighted by Crippen LogP contribution is 2.35. The molecule has 26 heavy (non-hydrogen) atoms. The zero-order valence-electron chi connectivity index (χ0n) is 13.8. The molecule has 0 unspecified atom stereocenters. The molecular weight excluding hydrogens is 477 g/mol. The standard InChI is InChI=1S/C17H14Br2FNO5/c1-24-13-5-9(6-14(25-2)16(13)19)17(23)26-8-15(22)21-12-4-3-10(18)7-11(12)20/h3-7H,8H2,1-2H3,(H,21,22). The van der Waals surface area contributed by atoms with Crippen molar-refractivity contribution in [3.8, 4) is 11.5 Å². The van der Waals surface area contributed by atoms with Gasteiger partial charge in [-0.25, -0.2) is 9.18 Å². The van der Waals surface area contributed by atoms with E-state index in [1.807, 2.05) is 0 Å². The largest absolute Gasteiger partial charge is 0.495 e. The Labute approximate surface area is 165 Å². The molecule has 0 saturated carbocycles. The number of carbonyl (C=O) groups is 2. The van der Waals surface area contributed by atoms with Crippen molar-refractivity contribution in [3.63, 3.8) is 0 Å². The molecule has 0 aliphatic carbocycles. The van der Waals surface area contributed by atoms with Crippen LogP contribution in [0.4, 0.5) is 10.1 Å². The number of nitrogens with one attached hydrogen (secondary N) is 1. The number of hydrogen-bond acceptors (Lipinski definition) is 5. The summed E-state index contributed by atoms with van der Waals surface area (Å²) >= 11 is 6.41. The SMILES string of the molecule is COc1cc(C(=O)OCC(=O)Nc2ccc(Br)cc2F)cc(OC)c1Br. The molecule has 9 heteroatoms. The van der Waals surface area contributed by atoms with Crippen LogP contribution in [0.1, 0.15) is 10.4 Å². The number of esters is 1. The second-order valence-corrected chi connectivity index (χ2v) is 6.65. The lowest BCUT2D eigenvalue weighted by Gasteiger charge is -2.11. The Morgan fingerprint density at radius 2 is 1.69 bits per heavy atom. The number of amides is 1. The molecule has 6 nitrogen and oxygen atoms in total. The molecule has 0 aromatic heterocycles. The van der Waals surface area contributed by atoms with Crippen LogP contribution in [0.5, 0.6) is 11.5 Å². The molecule has 1 amide bonds. The van der Waals surface area contributed by atoms with Crippen molar-refractivity contribution in [2.24, 2.45) is 0 Å². The van der Waals surface area contributed by atoms with E-state index in [0.29, 0.717) is 20.4 Å². The minimum Gasteiger partial charge on any atom is -0.495 e. The van der Waals surface area contributed by atoms with E-state index >= 15 is 0 Å². The van der Waals surface area contributed by atoms with Crippen molar-refractivity contribution in [2.75, 3.05) is 26.1 Å². The first-order valence-corrected chi connectivity index (χ1v) is 8.78. The number of methoxy groups -OCH3 is 2. The van der Waals surface area contributed by atoms with Gasteiger partial charge in [0.15, 0.2) is 6.61 Å². The third kappa shape index (κ3) is 4.95. The Balaban J connectivity index is 2.03. The summed E-state index contributed by atoms with van der Waals surface area (Å²) in [6.45, 7) is -0.574. The molecule has 2 aromatic rings. The minimum atomic E-state index is -0.750. The van der Waals surface area contributed by atoms with Gasteiger partial charge in [0, 0.05) is 4.47 Å². The van der Waals surface area contributed by atoms with Gasteiger partial charge >= 0.3 is 5.97 Å². The lowest BCUT2D eigenvalue weighted by Crippen LogP contribution is -2.21. The number of ether oxygens (including phenoxy) is 3. The topological polar surface area (TPSA) is 73.9 Å². The van der Waals surface area contributed by atoms with Crippen molar-refractivity contribution < 1.29 is 28.2 Å². The van der Waals surface area contributed by atoms with Gasteiger partial charge in [-0.1, -0.05) is 15.9 Å². The predicted octanol–water partition coefficient (Wildman–Crippen LogP) is 4.16. The fourth-order valence-corrected chi connectivity index (χ4v) is 2.86. The first-order valence-electron chi connectivity index (χ1n) is 7.19. The van der Waals surface area contributed by atoms with Crippen molar-refractivity contribution in [1.29, 1.82) is 0 Å². The molecule has 0 spiro atoms. The van der Waals surface area contributed by atoms with Gasteiger partial charge < -0.3 is 19.5 Å². The van der Waals surface area contributed by atoms with Crippen LogP contribution in [0.15, 0.2) is 39.3 Å². The Morgan fingerprint density at radius 1 is 1.08 bits per heavy atom. The molecule has 0 aliphatic rings. The van der Waals surface area contributed by atoms with E-state index < -0.39 is 24.3 Å². The lowest BCUT2D eigenvalue weighted by molar-refractivity contribution is -0.119. The van der Waals surface area contributed by atoms with E-state index in [1.54, 1.807) is 6.07 Å². The van der Waals surface area contributed by atoms with Gasteiger partial charge in [0.25, 0.3) is 5.91 Å². The van der Waals surface area contributed by atoms with Crippen LogP contribution in [-0.2, 0) is 9.53 Å². The van der Waals surface area contributed by atoms with Gasteiger partial charge in [0.2, 0.25) is 0 Å². The number of rotatable bonds is 6. The van der Waals surface area contributed by atoms with E-state index in [4.69, 9.17) is 14.2 Å². The fraction of sp³-hybridized carbons (Fsp3) is 0.176. The van der Waals surface area contributed by atoms with Gasteiger partial charge in [-0.05, 0) is 46.3 Å². The van der Waals surface area contributed by atoms with Crippen molar-refractivity contribution in [3.05, 3.63) is 50.7 Å². The Kier molecular flexibility index (Phi) is 6.98. The Hall–Kier alpha value is -2.13. The van der Waals surface area contributed by atoms with Crippen molar-refractivity contribution >= 4 is 49.4 Å². The van der Waals surface area contributed by atoms with Crippen LogP contribution in [0, 0.1) is 5.82 Å². The lowest BCUT2D eigenvalue weighted by atomic mass is 10.2. The zero-order valence-corrected chi connectivity index (χ0v) is 16.9. The average molecular weight is 491 g/mol. The second kappa shape index (κ2) is 9.00. The third-order valence-electron chi connectivity index (χ3n) is 3.22. The third-order valence-corrected chi connectivity index (χ3v) is 4.50.